The summed E-state index contributed by atoms with van der Waals surface area (Å²) in [5.41, 5.74) is 5.35. The number of nitro benzene ring substituents is 1. The largest absolute Gasteiger partial charge is 0.360 e. The highest BCUT2D eigenvalue weighted by Crippen LogP contribution is 2.18. The molecule has 0 aliphatic rings. The maximum Gasteiger partial charge on any atom is 0.272 e. The van der Waals surface area contributed by atoms with Crippen LogP contribution in [0.2, 0.25) is 0 Å². The standard InChI is InChI=1S/C18H14N4O3/c23-18(15-10-17(19-12-15)14-4-2-1-3-5-14)21-20-11-13-6-8-16(9-7-13)22(24)25/h1-12,19H,(H,21,23)/b20-11+. The van der Waals surface area contributed by atoms with Gasteiger partial charge in [0.05, 0.1) is 16.7 Å². The van der Waals surface area contributed by atoms with E-state index in [0.29, 0.717) is 11.1 Å². The first-order valence-corrected chi connectivity index (χ1v) is 7.45. The number of benzene rings is 2. The SMILES string of the molecule is O=C(N/N=C/c1ccc([N+](=O)[O-])cc1)c1c[nH]c(-c2ccccc2)c1. The summed E-state index contributed by atoms with van der Waals surface area (Å²) in [5, 5.41) is 14.5. The number of carbonyl (C=O) groups is 1. The number of carbonyl (C=O) groups excluding carboxylic acids is 1. The molecule has 1 aromatic heterocycles. The molecule has 25 heavy (non-hydrogen) atoms. The number of nitro groups is 1. The molecule has 3 aromatic rings. The molecule has 2 aromatic carbocycles. The number of hydrogen-bond donors (Lipinski definition) is 2. The molecule has 124 valence electrons. The maximum absolute atomic E-state index is 12.1. The minimum atomic E-state index is -0.473. The first-order chi connectivity index (χ1) is 12.1. The van der Waals surface area contributed by atoms with Crippen molar-refractivity contribution in [1.29, 1.82) is 0 Å². The van der Waals surface area contributed by atoms with Gasteiger partial charge in [-0.3, -0.25) is 14.9 Å². The van der Waals surface area contributed by atoms with Crippen molar-refractivity contribution < 1.29 is 9.72 Å². The molecule has 0 fully saturated rings. The van der Waals surface area contributed by atoms with Gasteiger partial charge in [-0.2, -0.15) is 5.10 Å². The molecule has 7 heteroatoms. The molecule has 7 nitrogen and oxygen atoms in total. The van der Waals surface area contributed by atoms with Crippen molar-refractivity contribution in [1.82, 2.24) is 10.4 Å². The smallest absolute Gasteiger partial charge is 0.272 e. The van der Waals surface area contributed by atoms with Crippen LogP contribution in [0.4, 0.5) is 5.69 Å². The van der Waals surface area contributed by atoms with Gasteiger partial charge >= 0.3 is 0 Å². The highest BCUT2D eigenvalue weighted by Gasteiger charge is 2.08. The summed E-state index contributed by atoms with van der Waals surface area (Å²) >= 11 is 0. The Morgan fingerprint density at radius 1 is 1.12 bits per heavy atom. The van der Waals surface area contributed by atoms with Crippen LogP contribution < -0.4 is 5.43 Å². The summed E-state index contributed by atoms with van der Waals surface area (Å²) in [6.45, 7) is 0. The van der Waals surface area contributed by atoms with Gasteiger partial charge in [0.2, 0.25) is 0 Å². The molecule has 1 heterocycles. The van der Waals surface area contributed by atoms with Gasteiger partial charge in [-0.1, -0.05) is 30.3 Å². The van der Waals surface area contributed by atoms with E-state index in [1.165, 1.54) is 18.3 Å². The Kier molecular flexibility index (Phi) is 4.66. The molecule has 0 unspecified atom stereocenters. The average Bonchev–Trinajstić information content (AvgIpc) is 3.13. The van der Waals surface area contributed by atoms with Gasteiger partial charge in [0.1, 0.15) is 0 Å². The second-order valence-corrected chi connectivity index (χ2v) is 5.22. The molecule has 0 bridgehead atoms. The number of hydrogen-bond acceptors (Lipinski definition) is 4. The molecular weight excluding hydrogens is 320 g/mol. The van der Waals surface area contributed by atoms with E-state index >= 15 is 0 Å². The van der Waals surface area contributed by atoms with Crippen LogP contribution in [0.25, 0.3) is 11.3 Å². The molecule has 0 aliphatic heterocycles. The number of H-pyrrole nitrogens is 1. The van der Waals surface area contributed by atoms with E-state index in [1.807, 2.05) is 30.3 Å². The molecule has 0 saturated heterocycles. The van der Waals surface area contributed by atoms with Crippen LogP contribution in [-0.2, 0) is 0 Å². The topological polar surface area (TPSA) is 100 Å². The molecule has 0 spiro atoms. The molecule has 0 radical (unpaired) electrons. The summed E-state index contributed by atoms with van der Waals surface area (Å²) in [5.74, 6) is -0.350. The van der Waals surface area contributed by atoms with Crippen molar-refractivity contribution in [3.63, 3.8) is 0 Å². The number of aromatic nitrogens is 1. The van der Waals surface area contributed by atoms with Gasteiger partial charge in [-0.25, -0.2) is 5.43 Å². The molecular formula is C18H14N4O3. The van der Waals surface area contributed by atoms with E-state index < -0.39 is 4.92 Å². The third-order valence-electron chi connectivity index (χ3n) is 3.51. The lowest BCUT2D eigenvalue weighted by atomic mass is 10.1. The average molecular weight is 334 g/mol. The van der Waals surface area contributed by atoms with Crippen LogP contribution in [0.1, 0.15) is 15.9 Å². The lowest BCUT2D eigenvalue weighted by Gasteiger charge is -1.97. The van der Waals surface area contributed by atoms with Crippen molar-refractivity contribution in [3.05, 3.63) is 88.1 Å². The van der Waals surface area contributed by atoms with Crippen molar-refractivity contribution in [2.75, 3.05) is 0 Å². The monoisotopic (exact) mass is 334 g/mol. The second-order valence-electron chi connectivity index (χ2n) is 5.22. The van der Waals surface area contributed by atoms with E-state index in [1.54, 1.807) is 24.4 Å². The lowest BCUT2D eigenvalue weighted by molar-refractivity contribution is -0.384. The fourth-order valence-corrected chi connectivity index (χ4v) is 2.22. The van der Waals surface area contributed by atoms with Crippen LogP contribution in [0.15, 0.2) is 72.0 Å². The van der Waals surface area contributed by atoms with Crippen molar-refractivity contribution in [2.24, 2.45) is 5.10 Å². The normalized spacial score (nSPS) is 10.7. The molecule has 1 amide bonds. The zero-order chi connectivity index (χ0) is 17.6. The minimum absolute atomic E-state index is 0.00181. The first kappa shape index (κ1) is 16.1. The Morgan fingerprint density at radius 3 is 2.52 bits per heavy atom. The predicted molar refractivity (Wildman–Crippen MR) is 94.4 cm³/mol. The van der Waals surface area contributed by atoms with Crippen LogP contribution in [0, 0.1) is 10.1 Å². The lowest BCUT2D eigenvalue weighted by Crippen LogP contribution is -2.16. The van der Waals surface area contributed by atoms with Crippen molar-refractivity contribution in [2.45, 2.75) is 0 Å². The number of aromatic amines is 1. The van der Waals surface area contributed by atoms with Crippen molar-refractivity contribution in [3.8, 4) is 11.3 Å². The van der Waals surface area contributed by atoms with Gasteiger partial charge < -0.3 is 4.98 Å². The molecule has 0 atom stereocenters. The van der Waals surface area contributed by atoms with E-state index in [4.69, 9.17) is 0 Å². The summed E-state index contributed by atoms with van der Waals surface area (Å²) in [4.78, 5) is 25.3. The van der Waals surface area contributed by atoms with Crippen LogP contribution >= 0.6 is 0 Å². The number of nitrogens with one attached hydrogen (secondary N) is 2. The summed E-state index contributed by atoms with van der Waals surface area (Å²) in [7, 11) is 0. The summed E-state index contributed by atoms with van der Waals surface area (Å²) in [6, 6.07) is 17.3. The van der Waals surface area contributed by atoms with E-state index in [9.17, 15) is 14.9 Å². The third kappa shape index (κ3) is 3.97. The molecule has 0 saturated carbocycles. The van der Waals surface area contributed by atoms with E-state index in [2.05, 4.69) is 15.5 Å². The summed E-state index contributed by atoms with van der Waals surface area (Å²) in [6.07, 6.45) is 3.03. The van der Waals surface area contributed by atoms with Gasteiger partial charge in [0.25, 0.3) is 11.6 Å². The van der Waals surface area contributed by atoms with Gasteiger partial charge in [-0.05, 0) is 29.3 Å². The Balaban J connectivity index is 1.63. The number of amides is 1. The van der Waals surface area contributed by atoms with Gasteiger partial charge in [0.15, 0.2) is 0 Å². The van der Waals surface area contributed by atoms with Crippen LogP contribution in [-0.4, -0.2) is 22.0 Å². The highest BCUT2D eigenvalue weighted by atomic mass is 16.6. The summed E-state index contributed by atoms with van der Waals surface area (Å²) < 4.78 is 0. The van der Waals surface area contributed by atoms with Crippen LogP contribution in [0.5, 0.6) is 0 Å². The highest BCUT2D eigenvalue weighted by molar-refractivity contribution is 5.96. The molecule has 3 rings (SSSR count). The quantitative estimate of drug-likeness (QED) is 0.425. The van der Waals surface area contributed by atoms with Gasteiger partial charge in [0, 0.05) is 24.0 Å². The zero-order valence-electron chi connectivity index (χ0n) is 13.0. The number of rotatable bonds is 5. The third-order valence-corrected chi connectivity index (χ3v) is 3.51. The van der Waals surface area contributed by atoms with Crippen molar-refractivity contribution >= 4 is 17.8 Å². The fourth-order valence-electron chi connectivity index (χ4n) is 2.22. The fraction of sp³-hybridized carbons (Fsp3) is 0. The number of nitrogens with zero attached hydrogens (tertiary/aromatic N) is 2. The Hall–Kier alpha value is -3.74. The van der Waals surface area contributed by atoms with Crippen LogP contribution in [0.3, 0.4) is 0 Å². The Morgan fingerprint density at radius 2 is 1.84 bits per heavy atom. The zero-order valence-corrected chi connectivity index (χ0v) is 13.0. The first-order valence-electron chi connectivity index (χ1n) is 7.45. The Labute approximate surface area is 143 Å². The number of non-ortho nitro benzene ring substituents is 1. The molecule has 0 aliphatic carbocycles. The number of hydrazone groups is 1. The predicted octanol–water partition coefficient (Wildman–Crippen LogP) is 3.35. The second kappa shape index (κ2) is 7.22. The maximum atomic E-state index is 12.1. The van der Waals surface area contributed by atoms with Gasteiger partial charge in [-0.15, -0.1) is 0 Å². The van der Waals surface area contributed by atoms with E-state index in [-0.39, 0.29) is 11.6 Å². The molecule has 2 N–H and O–H groups in total. The Bertz CT molecular complexity index is 915. The van der Waals surface area contributed by atoms with E-state index in [0.717, 1.165) is 11.3 Å². The minimum Gasteiger partial charge on any atom is -0.360 e.